The summed E-state index contributed by atoms with van der Waals surface area (Å²) in [6, 6.07) is 4.52. The van der Waals surface area contributed by atoms with Gasteiger partial charge in [-0.25, -0.2) is 0 Å². The molecule has 2 nitrogen and oxygen atoms in total. The number of hydrogen-bond acceptors (Lipinski definition) is 1. The van der Waals surface area contributed by atoms with Crippen molar-refractivity contribution in [2.45, 2.75) is 25.8 Å². The highest BCUT2D eigenvalue weighted by molar-refractivity contribution is 9.10. The zero-order valence-electron chi connectivity index (χ0n) is 8.60. The summed E-state index contributed by atoms with van der Waals surface area (Å²) in [5, 5.41) is 1.29. The number of aromatic amines is 1. The average molecular weight is 265 g/mol. The van der Waals surface area contributed by atoms with Crippen LogP contribution in [0.1, 0.15) is 29.3 Å². The molecule has 0 aliphatic heterocycles. The Morgan fingerprint density at radius 3 is 3.07 bits per heavy atom. The maximum Gasteiger partial charge on any atom is 0.0490 e. The number of nitrogens with one attached hydrogen (secondary N) is 1. The fraction of sp³-hybridized carbons (Fsp3) is 0.333. The minimum atomic E-state index is 0.211. The first-order valence-corrected chi connectivity index (χ1v) is 6.02. The quantitative estimate of drug-likeness (QED) is 0.754. The van der Waals surface area contributed by atoms with E-state index in [9.17, 15) is 0 Å². The highest BCUT2D eigenvalue weighted by atomic mass is 79.9. The van der Waals surface area contributed by atoms with Crippen LogP contribution in [0.4, 0.5) is 0 Å². The van der Waals surface area contributed by atoms with E-state index in [0.717, 1.165) is 17.3 Å². The molecule has 3 heteroatoms. The van der Waals surface area contributed by atoms with Crippen LogP contribution in [-0.4, -0.2) is 4.98 Å². The second kappa shape index (κ2) is 3.09. The predicted molar refractivity (Wildman–Crippen MR) is 66.0 cm³/mol. The van der Waals surface area contributed by atoms with E-state index in [2.05, 4.69) is 40.0 Å². The average Bonchev–Trinajstić information content (AvgIpc) is 2.68. The number of aryl methyl sites for hydroxylation is 2. The number of aromatic nitrogens is 1. The van der Waals surface area contributed by atoms with Crippen LogP contribution in [0.5, 0.6) is 0 Å². The zero-order valence-corrected chi connectivity index (χ0v) is 10.2. The summed E-state index contributed by atoms with van der Waals surface area (Å²) in [5.41, 5.74) is 11.3. The van der Waals surface area contributed by atoms with Gasteiger partial charge in [0.2, 0.25) is 0 Å². The number of benzene rings is 1. The molecule has 0 radical (unpaired) electrons. The molecule has 1 aliphatic carbocycles. The van der Waals surface area contributed by atoms with Gasteiger partial charge in [-0.15, -0.1) is 0 Å². The van der Waals surface area contributed by atoms with Gasteiger partial charge in [0.05, 0.1) is 0 Å². The molecule has 1 atom stereocenters. The number of nitrogens with two attached hydrogens (primary N) is 1. The lowest BCUT2D eigenvalue weighted by Gasteiger charge is -2.04. The molecule has 1 unspecified atom stereocenters. The molecule has 1 aliphatic rings. The molecule has 1 aromatic heterocycles. The van der Waals surface area contributed by atoms with Crippen LogP contribution >= 0.6 is 15.9 Å². The van der Waals surface area contributed by atoms with E-state index < -0.39 is 0 Å². The van der Waals surface area contributed by atoms with Crippen molar-refractivity contribution in [3.05, 3.63) is 33.4 Å². The molecule has 78 valence electrons. The monoisotopic (exact) mass is 264 g/mol. The van der Waals surface area contributed by atoms with E-state index in [4.69, 9.17) is 5.73 Å². The molecule has 1 aromatic carbocycles. The third-order valence-corrected chi connectivity index (χ3v) is 3.73. The van der Waals surface area contributed by atoms with Crippen LogP contribution < -0.4 is 5.73 Å². The van der Waals surface area contributed by atoms with Gasteiger partial charge in [0, 0.05) is 27.1 Å². The first-order valence-electron chi connectivity index (χ1n) is 5.23. The Hall–Kier alpha value is -0.800. The van der Waals surface area contributed by atoms with E-state index in [1.807, 2.05) is 0 Å². The lowest BCUT2D eigenvalue weighted by atomic mass is 10.1. The van der Waals surface area contributed by atoms with Crippen molar-refractivity contribution < 1.29 is 0 Å². The smallest absolute Gasteiger partial charge is 0.0490 e. The van der Waals surface area contributed by atoms with E-state index in [1.54, 1.807) is 0 Å². The van der Waals surface area contributed by atoms with E-state index >= 15 is 0 Å². The largest absolute Gasteiger partial charge is 0.358 e. The van der Waals surface area contributed by atoms with Gasteiger partial charge in [-0.3, -0.25) is 0 Å². The molecule has 0 fully saturated rings. The summed E-state index contributed by atoms with van der Waals surface area (Å²) in [6.45, 7) is 2.13. The molecular formula is C12H13BrN2. The topological polar surface area (TPSA) is 41.8 Å². The third kappa shape index (κ3) is 1.26. The van der Waals surface area contributed by atoms with Gasteiger partial charge < -0.3 is 10.7 Å². The number of fused-ring (bicyclic) bond motifs is 3. The zero-order chi connectivity index (χ0) is 10.6. The van der Waals surface area contributed by atoms with Gasteiger partial charge >= 0.3 is 0 Å². The summed E-state index contributed by atoms with van der Waals surface area (Å²) in [4.78, 5) is 3.50. The third-order valence-electron chi connectivity index (χ3n) is 3.27. The van der Waals surface area contributed by atoms with Crippen molar-refractivity contribution in [3.8, 4) is 0 Å². The van der Waals surface area contributed by atoms with Crippen molar-refractivity contribution >= 4 is 26.8 Å². The van der Waals surface area contributed by atoms with Crippen LogP contribution in [0.25, 0.3) is 10.9 Å². The van der Waals surface area contributed by atoms with Crippen LogP contribution in [0.15, 0.2) is 16.6 Å². The van der Waals surface area contributed by atoms with E-state index in [1.165, 1.54) is 27.7 Å². The van der Waals surface area contributed by atoms with Crippen LogP contribution in [0, 0.1) is 6.92 Å². The van der Waals surface area contributed by atoms with E-state index in [0.29, 0.717) is 0 Å². The van der Waals surface area contributed by atoms with Crippen molar-refractivity contribution in [1.82, 2.24) is 4.98 Å². The maximum absolute atomic E-state index is 6.12. The second-order valence-corrected chi connectivity index (χ2v) is 5.22. The van der Waals surface area contributed by atoms with Crippen molar-refractivity contribution in [1.29, 1.82) is 0 Å². The van der Waals surface area contributed by atoms with E-state index in [-0.39, 0.29) is 6.04 Å². The summed E-state index contributed by atoms with van der Waals surface area (Å²) >= 11 is 3.54. The number of H-pyrrole nitrogens is 1. The highest BCUT2D eigenvalue weighted by Gasteiger charge is 2.24. The Bertz CT molecular complexity index is 542. The number of hydrogen-bond donors (Lipinski definition) is 2. The van der Waals surface area contributed by atoms with Gasteiger partial charge in [-0.05, 0) is 43.0 Å². The molecule has 0 saturated carbocycles. The molecule has 15 heavy (non-hydrogen) atoms. The van der Waals surface area contributed by atoms with Gasteiger partial charge in [0.15, 0.2) is 0 Å². The Kier molecular flexibility index (Phi) is 1.94. The molecule has 2 aromatic rings. The Morgan fingerprint density at radius 2 is 2.27 bits per heavy atom. The highest BCUT2D eigenvalue weighted by Crippen LogP contribution is 2.37. The van der Waals surface area contributed by atoms with Crippen LogP contribution in [0.2, 0.25) is 0 Å². The summed E-state index contributed by atoms with van der Waals surface area (Å²) in [7, 11) is 0. The fourth-order valence-corrected chi connectivity index (χ4v) is 3.14. The Morgan fingerprint density at radius 1 is 1.47 bits per heavy atom. The molecule has 0 saturated heterocycles. The summed E-state index contributed by atoms with van der Waals surface area (Å²) in [5.74, 6) is 0. The van der Waals surface area contributed by atoms with Crippen molar-refractivity contribution in [2.24, 2.45) is 5.73 Å². The number of halogens is 1. The van der Waals surface area contributed by atoms with Crippen molar-refractivity contribution in [3.63, 3.8) is 0 Å². The summed E-state index contributed by atoms with van der Waals surface area (Å²) in [6.07, 6.45) is 2.16. The fourth-order valence-electron chi connectivity index (χ4n) is 2.57. The van der Waals surface area contributed by atoms with Crippen molar-refractivity contribution in [2.75, 3.05) is 0 Å². The molecule has 3 N–H and O–H groups in total. The standard InChI is InChI=1S/C12H13BrN2/c1-6-4-7(13)5-8-11-9(14)2-3-10(11)15-12(6)8/h4-5,9,15H,2-3,14H2,1H3. The maximum atomic E-state index is 6.12. The van der Waals surface area contributed by atoms with Gasteiger partial charge in [0.1, 0.15) is 0 Å². The first kappa shape index (κ1) is 9.43. The molecule has 0 amide bonds. The summed E-state index contributed by atoms with van der Waals surface area (Å²) < 4.78 is 1.13. The van der Waals surface area contributed by atoms with Gasteiger partial charge in [-0.1, -0.05) is 15.9 Å². The van der Waals surface area contributed by atoms with Crippen LogP contribution in [0.3, 0.4) is 0 Å². The van der Waals surface area contributed by atoms with Gasteiger partial charge in [-0.2, -0.15) is 0 Å². The molecule has 3 rings (SSSR count). The Balaban J connectivity index is 2.41. The molecule has 1 heterocycles. The first-order chi connectivity index (χ1) is 7.16. The lowest BCUT2D eigenvalue weighted by Crippen LogP contribution is -2.04. The molecular weight excluding hydrogens is 252 g/mol. The van der Waals surface area contributed by atoms with Crippen LogP contribution in [-0.2, 0) is 6.42 Å². The van der Waals surface area contributed by atoms with Gasteiger partial charge in [0.25, 0.3) is 0 Å². The lowest BCUT2D eigenvalue weighted by molar-refractivity contribution is 0.714. The second-order valence-electron chi connectivity index (χ2n) is 4.31. The SMILES string of the molecule is Cc1cc(Br)cc2c3c([nH]c12)CCC3N. The minimum absolute atomic E-state index is 0.211. The minimum Gasteiger partial charge on any atom is -0.358 e. The predicted octanol–water partition coefficient (Wildman–Crippen LogP) is 3.18. The Labute approximate surface area is 97.0 Å². The molecule has 0 bridgehead atoms. The number of rotatable bonds is 0. The molecule has 0 spiro atoms. The normalized spacial score (nSPS) is 19.8.